The summed E-state index contributed by atoms with van der Waals surface area (Å²) < 4.78 is 13.8. The number of halogens is 1. The minimum absolute atomic E-state index is 0.0405. The molecule has 0 spiro atoms. The molecule has 0 bridgehead atoms. The van der Waals surface area contributed by atoms with E-state index in [-0.39, 0.29) is 11.3 Å². The Bertz CT molecular complexity index is 799. The molecule has 3 rings (SSSR count). The van der Waals surface area contributed by atoms with Gasteiger partial charge in [0.2, 0.25) is 0 Å². The third kappa shape index (κ3) is 2.53. The van der Waals surface area contributed by atoms with Crippen molar-refractivity contribution in [2.45, 2.75) is 0 Å². The lowest BCUT2D eigenvalue weighted by atomic mass is 10.0. The minimum atomic E-state index is -0.446. The van der Waals surface area contributed by atoms with Crippen LogP contribution in [0.3, 0.4) is 0 Å². The first-order valence-corrected chi connectivity index (χ1v) is 7.03. The lowest BCUT2D eigenvalue weighted by molar-refractivity contribution is 0.625. The average Bonchev–Trinajstić information content (AvgIpc) is 3.02. The van der Waals surface area contributed by atoms with E-state index < -0.39 is 5.82 Å². The molecule has 2 aromatic heterocycles. The fourth-order valence-corrected chi connectivity index (χ4v) is 2.56. The Morgan fingerprint density at radius 3 is 2.71 bits per heavy atom. The van der Waals surface area contributed by atoms with E-state index >= 15 is 0 Å². The van der Waals surface area contributed by atoms with Crippen LogP contribution in [0.15, 0.2) is 48.2 Å². The number of nitrogens with zero attached hydrogens (tertiary/aromatic N) is 2. The van der Waals surface area contributed by atoms with E-state index in [9.17, 15) is 4.39 Å². The summed E-state index contributed by atoms with van der Waals surface area (Å²) in [6.07, 6.45) is 3.18. The van der Waals surface area contributed by atoms with E-state index in [0.29, 0.717) is 16.9 Å². The summed E-state index contributed by atoms with van der Waals surface area (Å²) in [6.45, 7) is 0. The zero-order valence-electron chi connectivity index (χ0n) is 10.9. The topological polar surface area (TPSA) is 75.7 Å². The van der Waals surface area contributed by atoms with Crippen LogP contribution >= 0.6 is 11.3 Å². The van der Waals surface area contributed by atoms with Crippen molar-refractivity contribution in [2.24, 2.45) is 0 Å². The predicted octanol–water partition coefficient (Wildman–Crippen LogP) is 3.34. The maximum Gasteiger partial charge on any atom is 0.132 e. The molecule has 0 radical (unpaired) electrons. The molecule has 3 aromatic rings. The van der Waals surface area contributed by atoms with E-state index in [1.54, 1.807) is 36.0 Å². The maximum absolute atomic E-state index is 13.8. The van der Waals surface area contributed by atoms with Gasteiger partial charge in [0, 0.05) is 17.3 Å². The summed E-state index contributed by atoms with van der Waals surface area (Å²) in [6, 6.07) is 7.85. The van der Waals surface area contributed by atoms with Gasteiger partial charge in [-0.05, 0) is 18.2 Å². The third-order valence-electron chi connectivity index (χ3n) is 3.03. The van der Waals surface area contributed by atoms with Crippen LogP contribution in [0.4, 0.5) is 10.1 Å². The van der Waals surface area contributed by atoms with Crippen molar-refractivity contribution in [1.29, 1.82) is 5.41 Å². The van der Waals surface area contributed by atoms with Gasteiger partial charge in [-0.2, -0.15) is 0 Å². The number of thiazole rings is 1. The van der Waals surface area contributed by atoms with Crippen molar-refractivity contribution in [3.63, 3.8) is 0 Å². The quantitative estimate of drug-likeness (QED) is 0.728. The Morgan fingerprint density at radius 1 is 1.19 bits per heavy atom. The fraction of sp³-hybridized carbons (Fsp3) is 0. The Balaban J connectivity index is 2.08. The smallest absolute Gasteiger partial charge is 0.132 e. The highest BCUT2D eigenvalue weighted by Crippen LogP contribution is 2.26. The maximum atomic E-state index is 13.8. The van der Waals surface area contributed by atoms with Crippen LogP contribution in [-0.2, 0) is 0 Å². The van der Waals surface area contributed by atoms with Gasteiger partial charge in [0.05, 0.1) is 33.7 Å². The summed E-state index contributed by atoms with van der Waals surface area (Å²) in [5.41, 5.74) is 9.32. The van der Waals surface area contributed by atoms with Crippen molar-refractivity contribution in [1.82, 2.24) is 9.97 Å². The van der Waals surface area contributed by atoms with Crippen LogP contribution in [0.25, 0.3) is 10.6 Å². The molecule has 3 N–H and O–H groups in total. The van der Waals surface area contributed by atoms with Crippen LogP contribution in [0.5, 0.6) is 0 Å². The summed E-state index contributed by atoms with van der Waals surface area (Å²) in [4.78, 5) is 9.11. The molecular weight excluding hydrogens is 287 g/mol. The van der Waals surface area contributed by atoms with Gasteiger partial charge in [-0.25, -0.2) is 4.39 Å². The third-order valence-corrected chi connectivity index (χ3v) is 3.83. The number of anilines is 1. The Labute approximate surface area is 124 Å². The second-order valence-corrected chi connectivity index (χ2v) is 5.26. The largest absolute Gasteiger partial charge is 0.397 e. The highest BCUT2D eigenvalue weighted by molar-refractivity contribution is 7.13. The SMILES string of the molecule is N=C(c1cc(-c2cncs2)ncc1N)c1ccccc1F. The zero-order valence-corrected chi connectivity index (χ0v) is 11.7. The molecule has 1 aromatic carbocycles. The molecule has 0 unspecified atom stereocenters. The van der Waals surface area contributed by atoms with Gasteiger partial charge in [-0.3, -0.25) is 15.4 Å². The molecule has 2 heterocycles. The van der Waals surface area contributed by atoms with Crippen LogP contribution in [0.2, 0.25) is 0 Å². The number of nitrogens with two attached hydrogens (primary N) is 1. The number of rotatable bonds is 3. The first-order valence-electron chi connectivity index (χ1n) is 6.15. The number of pyridine rings is 1. The fourth-order valence-electron chi connectivity index (χ4n) is 1.97. The Morgan fingerprint density at radius 2 is 2.00 bits per heavy atom. The van der Waals surface area contributed by atoms with Crippen molar-refractivity contribution in [3.05, 3.63) is 65.2 Å². The van der Waals surface area contributed by atoms with Gasteiger partial charge >= 0.3 is 0 Å². The summed E-state index contributed by atoms with van der Waals surface area (Å²) in [5, 5.41) is 8.21. The van der Waals surface area contributed by atoms with E-state index in [2.05, 4.69) is 9.97 Å². The van der Waals surface area contributed by atoms with Crippen molar-refractivity contribution in [3.8, 4) is 10.6 Å². The number of aromatic nitrogens is 2. The Hall–Kier alpha value is -2.60. The molecule has 0 fully saturated rings. The van der Waals surface area contributed by atoms with Gasteiger partial charge in [0.15, 0.2) is 0 Å². The molecule has 0 saturated heterocycles. The molecule has 0 atom stereocenters. The highest BCUT2D eigenvalue weighted by Gasteiger charge is 2.14. The van der Waals surface area contributed by atoms with Crippen molar-refractivity contribution >= 4 is 22.7 Å². The van der Waals surface area contributed by atoms with Gasteiger partial charge in [-0.1, -0.05) is 12.1 Å². The van der Waals surface area contributed by atoms with Gasteiger partial charge in [0.1, 0.15) is 5.82 Å². The first-order chi connectivity index (χ1) is 10.2. The number of hydrogen-bond acceptors (Lipinski definition) is 5. The number of hydrogen-bond donors (Lipinski definition) is 2. The molecule has 104 valence electrons. The van der Waals surface area contributed by atoms with Crippen molar-refractivity contribution in [2.75, 3.05) is 5.73 Å². The highest BCUT2D eigenvalue weighted by atomic mass is 32.1. The van der Waals surface area contributed by atoms with Crippen LogP contribution < -0.4 is 5.73 Å². The van der Waals surface area contributed by atoms with Gasteiger partial charge < -0.3 is 5.73 Å². The summed E-state index contributed by atoms with van der Waals surface area (Å²) >= 11 is 1.44. The number of benzene rings is 1. The normalized spacial score (nSPS) is 10.5. The molecule has 0 aliphatic heterocycles. The molecule has 0 amide bonds. The average molecular weight is 298 g/mol. The van der Waals surface area contributed by atoms with Crippen LogP contribution in [0, 0.1) is 11.2 Å². The first kappa shape index (κ1) is 13.4. The predicted molar refractivity (Wildman–Crippen MR) is 82.1 cm³/mol. The van der Waals surface area contributed by atoms with Gasteiger partial charge in [-0.15, -0.1) is 11.3 Å². The lowest BCUT2D eigenvalue weighted by Gasteiger charge is -2.09. The van der Waals surface area contributed by atoms with E-state index in [1.807, 2.05) is 0 Å². The standard InChI is InChI=1S/C15H11FN4S/c16-11-4-2-1-3-9(11)15(18)10-5-13(20-6-12(10)17)14-7-19-8-21-14/h1-8,18H,17H2. The molecular formula is C15H11FN4S. The number of nitrogens with one attached hydrogen (secondary N) is 1. The number of nitrogen functional groups attached to an aromatic ring is 1. The lowest BCUT2D eigenvalue weighted by Crippen LogP contribution is -2.08. The zero-order chi connectivity index (χ0) is 14.8. The van der Waals surface area contributed by atoms with E-state index in [0.717, 1.165) is 4.88 Å². The van der Waals surface area contributed by atoms with Crippen LogP contribution in [-0.4, -0.2) is 15.7 Å². The van der Waals surface area contributed by atoms with E-state index in [1.165, 1.54) is 23.6 Å². The molecule has 0 aliphatic rings. The summed E-state index contributed by atoms with van der Waals surface area (Å²) in [7, 11) is 0. The summed E-state index contributed by atoms with van der Waals surface area (Å²) in [5.74, 6) is -0.446. The molecule has 0 saturated carbocycles. The monoisotopic (exact) mass is 298 g/mol. The minimum Gasteiger partial charge on any atom is -0.397 e. The molecule has 21 heavy (non-hydrogen) atoms. The van der Waals surface area contributed by atoms with Crippen LogP contribution in [0.1, 0.15) is 11.1 Å². The second-order valence-electron chi connectivity index (χ2n) is 4.38. The molecule has 0 aliphatic carbocycles. The Kier molecular flexibility index (Phi) is 3.45. The molecule has 6 heteroatoms. The second kappa shape index (κ2) is 5.41. The van der Waals surface area contributed by atoms with Crippen molar-refractivity contribution < 1.29 is 4.39 Å². The van der Waals surface area contributed by atoms with E-state index in [4.69, 9.17) is 11.1 Å². The van der Waals surface area contributed by atoms with Gasteiger partial charge in [0.25, 0.3) is 0 Å². The molecule has 4 nitrogen and oxygen atoms in total.